The van der Waals surface area contributed by atoms with Crippen molar-refractivity contribution in [2.75, 3.05) is 11.4 Å². The van der Waals surface area contributed by atoms with E-state index in [0.717, 1.165) is 91.2 Å². The van der Waals surface area contributed by atoms with Crippen molar-refractivity contribution < 1.29 is 13.6 Å². The lowest BCUT2D eigenvalue weighted by atomic mass is 9.92. The smallest absolute Gasteiger partial charge is 0.226 e. The molecule has 0 radical (unpaired) electrons. The molecule has 1 saturated heterocycles. The van der Waals surface area contributed by atoms with Gasteiger partial charge in [-0.15, -0.1) is 0 Å². The summed E-state index contributed by atoms with van der Waals surface area (Å²) in [4.78, 5) is 15.0. The minimum Gasteiger partial charge on any atom is -0.456 e. The summed E-state index contributed by atoms with van der Waals surface area (Å²) in [5, 5.41) is 4.36. The summed E-state index contributed by atoms with van der Waals surface area (Å²) < 4.78 is 12.4. The van der Waals surface area contributed by atoms with Gasteiger partial charge in [-0.05, 0) is 77.6 Å². The third kappa shape index (κ3) is 3.48. The fourth-order valence-electron chi connectivity index (χ4n) is 6.19. The van der Waals surface area contributed by atoms with Gasteiger partial charge in [-0.3, -0.25) is 4.79 Å². The zero-order valence-corrected chi connectivity index (χ0v) is 21.3. The van der Waals surface area contributed by atoms with Crippen molar-refractivity contribution in [2.24, 2.45) is 0 Å². The van der Waals surface area contributed by atoms with E-state index in [1.165, 1.54) is 0 Å². The molecule has 1 amide bonds. The third-order valence-electron chi connectivity index (χ3n) is 7.98. The van der Waals surface area contributed by atoms with Crippen LogP contribution in [0.25, 0.3) is 66.1 Å². The largest absolute Gasteiger partial charge is 0.456 e. The number of hydrogen-bond donors (Lipinski definition) is 0. The number of nitrogens with zero attached hydrogens (tertiary/aromatic N) is 1. The minimum absolute atomic E-state index is 0.184. The fourth-order valence-corrected chi connectivity index (χ4v) is 6.19. The van der Waals surface area contributed by atoms with Gasteiger partial charge in [-0.1, -0.05) is 60.7 Å². The first kappa shape index (κ1) is 22.2. The van der Waals surface area contributed by atoms with Crippen molar-refractivity contribution in [3.63, 3.8) is 0 Å². The predicted octanol–water partition coefficient (Wildman–Crippen LogP) is 9.34. The number of amides is 1. The molecule has 39 heavy (non-hydrogen) atoms. The fraction of sp³-hybridized carbons (Fsp3) is 0.114. The lowest BCUT2D eigenvalue weighted by Gasteiger charge is -2.28. The molecule has 7 aromatic rings. The van der Waals surface area contributed by atoms with E-state index in [0.29, 0.717) is 6.42 Å². The summed E-state index contributed by atoms with van der Waals surface area (Å²) in [6, 6.07) is 35.4. The summed E-state index contributed by atoms with van der Waals surface area (Å²) in [5.74, 6) is 0.184. The quantitative estimate of drug-likeness (QED) is 0.239. The summed E-state index contributed by atoms with van der Waals surface area (Å²) >= 11 is 0. The second-order valence-electron chi connectivity index (χ2n) is 10.3. The van der Waals surface area contributed by atoms with E-state index in [-0.39, 0.29) is 5.91 Å². The van der Waals surface area contributed by atoms with E-state index >= 15 is 0 Å². The molecule has 4 heteroatoms. The lowest BCUT2D eigenvalue weighted by Crippen LogP contribution is -2.35. The van der Waals surface area contributed by atoms with Gasteiger partial charge in [0.05, 0.1) is 0 Å². The second-order valence-corrected chi connectivity index (χ2v) is 10.3. The van der Waals surface area contributed by atoms with Gasteiger partial charge < -0.3 is 13.7 Å². The van der Waals surface area contributed by atoms with E-state index in [4.69, 9.17) is 8.83 Å². The highest BCUT2D eigenvalue weighted by Gasteiger charge is 2.23. The van der Waals surface area contributed by atoms with Crippen LogP contribution in [0.15, 0.2) is 112 Å². The van der Waals surface area contributed by atoms with Gasteiger partial charge in [0.1, 0.15) is 22.3 Å². The van der Waals surface area contributed by atoms with Crippen LogP contribution in [0, 0.1) is 0 Å². The first-order valence-corrected chi connectivity index (χ1v) is 13.5. The average molecular weight is 508 g/mol. The predicted molar refractivity (Wildman–Crippen MR) is 158 cm³/mol. The van der Waals surface area contributed by atoms with E-state index in [2.05, 4.69) is 42.5 Å². The van der Waals surface area contributed by atoms with Crippen LogP contribution in [0.1, 0.15) is 19.3 Å². The number of fused-ring (bicyclic) bond motifs is 6. The van der Waals surface area contributed by atoms with Gasteiger partial charge in [0.15, 0.2) is 0 Å². The zero-order valence-electron chi connectivity index (χ0n) is 21.3. The Balaban J connectivity index is 1.43. The molecule has 4 nitrogen and oxygen atoms in total. The molecule has 0 atom stereocenters. The normalized spacial score (nSPS) is 14.3. The van der Waals surface area contributed by atoms with Crippen LogP contribution in [-0.2, 0) is 4.79 Å². The number of anilines is 1. The van der Waals surface area contributed by atoms with Gasteiger partial charge in [0, 0.05) is 40.2 Å². The number of benzene rings is 5. The Morgan fingerprint density at radius 2 is 1.10 bits per heavy atom. The van der Waals surface area contributed by atoms with Gasteiger partial charge in [-0.25, -0.2) is 0 Å². The van der Waals surface area contributed by atoms with E-state index in [1.807, 2.05) is 65.6 Å². The van der Waals surface area contributed by atoms with Crippen molar-refractivity contribution in [1.82, 2.24) is 0 Å². The molecule has 1 aliphatic heterocycles. The molecule has 1 aliphatic rings. The highest BCUT2D eigenvalue weighted by atomic mass is 16.3. The number of furan rings is 2. The van der Waals surface area contributed by atoms with Crippen LogP contribution in [0.2, 0.25) is 0 Å². The maximum Gasteiger partial charge on any atom is 0.226 e. The Morgan fingerprint density at radius 3 is 1.67 bits per heavy atom. The maximum absolute atomic E-state index is 13.1. The molecule has 1 fully saturated rings. The first-order valence-electron chi connectivity index (χ1n) is 13.5. The number of carbonyl (C=O) groups excluding carboxylic acids is 1. The molecule has 0 aliphatic carbocycles. The SMILES string of the molecule is O=C1CCCCN1c1cc(-c2cccc3oc4ccccc4c23)cc(-c2cccc3oc4ccccc4c23)c1. The summed E-state index contributed by atoms with van der Waals surface area (Å²) in [6.45, 7) is 0.736. The van der Waals surface area contributed by atoms with Crippen LogP contribution in [-0.4, -0.2) is 12.5 Å². The zero-order chi connectivity index (χ0) is 25.9. The maximum atomic E-state index is 13.1. The molecular formula is C35H25NO3. The molecule has 2 aromatic heterocycles. The Kier molecular flexibility index (Phi) is 4.89. The van der Waals surface area contributed by atoms with E-state index < -0.39 is 0 Å². The van der Waals surface area contributed by atoms with Crippen molar-refractivity contribution in [3.05, 3.63) is 103 Å². The molecular weight excluding hydrogens is 482 g/mol. The van der Waals surface area contributed by atoms with Crippen molar-refractivity contribution in [2.45, 2.75) is 19.3 Å². The van der Waals surface area contributed by atoms with Crippen molar-refractivity contribution in [1.29, 1.82) is 0 Å². The van der Waals surface area contributed by atoms with E-state index in [1.54, 1.807) is 0 Å². The number of rotatable bonds is 3. The number of carbonyl (C=O) groups is 1. The van der Waals surface area contributed by atoms with Gasteiger partial charge in [0.25, 0.3) is 0 Å². The number of para-hydroxylation sites is 2. The summed E-state index contributed by atoms with van der Waals surface area (Å²) in [7, 11) is 0. The molecule has 0 N–H and O–H groups in total. The molecule has 8 rings (SSSR count). The molecule has 0 saturated carbocycles. The Hall–Kier alpha value is -4.83. The molecule has 0 unspecified atom stereocenters. The number of hydrogen-bond acceptors (Lipinski definition) is 3. The minimum atomic E-state index is 0.184. The van der Waals surface area contributed by atoms with Crippen molar-refractivity contribution >= 4 is 55.5 Å². The first-order chi connectivity index (χ1) is 19.2. The average Bonchev–Trinajstić information content (AvgIpc) is 3.55. The van der Waals surface area contributed by atoms with Gasteiger partial charge in [0.2, 0.25) is 5.91 Å². The Morgan fingerprint density at radius 1 is 0.564 bits per heavy atom. The summed E-state index contributed by atoms with van der Waals surface area (Å²) in [6.07, 6.45) is 2.54. The highest BCUT2D eigenvalue weighted by Crippen LogP contribution is 2.42. The molecule has 0 bridgehead atoms. The van der Waals surface area contributed by atoms with Crippen LogP contribution in [0.4, 0.5) is 5.69 Å². The molecule has 0 spiro atoms. The molecule has 188 valence electrons. The van der Waals surface area contributed by atoms with Crippen LogP contribution < -0.4 is 4.90 Å². The van der Waals surface area contributed by atoms with Crippen LogP contribution >= 0.6 is 0 Å². The molecule has 5 aromatic carbocycles. The van der Waals surface area contributed by atoms with Gasteiger partial charge >= 0.3 is 0 Å². The standard InChI is InChI=1S/C35H25NO3/c37-33-17-5-6-18-36(33)24-20-22(25-11-7-15-31-34(25)27-9-1-3-13-29(27)38-31)19-23(21-24)26-12-8-16-32-35(26)28-10-2-4-14-30(28)39-32/h1-4,7-16,19-21H,5-6,17-18H2. The lowest BCUT2D eigenvalue weighted by molar-refractivity contribution is -0.119. The highest BCUT2D eigenvalue weighted by molar-refractivity contribution is 6.15. The third-order valence-corrected chi connectivity index (χ3v) is 7.98. The Bertz CT molecular complexity index is 1930. The van der Waals surface area contributed by atoms with Crippen LogP contribution in [0.3, 0.4) is 0 Å². The summed E-state index contributed by atoms with van der Waals surface area (Å²) in [5.41, 5.74) is 8.69. The molecule has 3 heterocycles. The van der Waals surface area contributed by atoms with Gasteiger partial charge in [-0.2, -0.15) is 0 Å². The number of piperidine rings is 1. The second kappa shape index (κ2) is 8.60. The monoisotopic (exact) mass is 507 g/mol. The van der Waals surface area contributed by atoms with Crippen molar-refractivity contribution in [3.8, 4) is 22.3 Å². The van der Waals surface area contributed by atoms with Crippen LogP contribution in [0.5, 0.6) is 0 Å². The topological polar surface area (TPSA) is 46.6 Å². The Labute approximate surface area is 225 Å². The van der Waals surface area contributed by atoms with E-state index in [9.17, 15) is 4.79 Å².